The van der Waals surface area contributed by atoms with E-state index in [0.29, 0.717) is 31.2 Å². The van der Waals surface area contributed by atoms with Crippen LogP contribution in [0.25, 0.3) is 0 Å². The van der Waals surface area contributed by atoms with E-state index in [1.165, 1.54) is 11.3 Å². The first-order valence-corrected chi connectivity index (χ1v) is 12.6. The number of carbonyl (C=O) groups is 1. The first-order valence-electron chi connectivity index (χ1n) is 11.8. The summed E-state index contributed by atoms with van der Waals surface area (Å²) >= 11 is 1.49. The van der Waals surface area contributed by atoms with Gasteiger partial charge in [-0.1, -0.05) is 30.3 Å². The lowest BCUT2D eigenvalue weighted by atomic mass is 10.0. The molecule has 2 amide bonds. The van der Waals surface area contributed by atoms with Crippen LogP contribution in [0, 0.1) is 0 Å². The number of aliphatic hydroxyl groups is 1. The molecular formula is C25H33N7O2S. The second kappa shape index (κ2) is 11.1. The molecule has 1 aliphatic rings. The maximum absolute atomic E-state index is 13.4. The number of rotatable bonds is 8. The van der Waals surface area contributed by atoms with Crippen LogP contribution in [-0.2, 0) is 19.6 Å². The molecular weight excluding hydrogens is 462 g/mol. The van der Waals surface area contributed by atoms with Crippen LogP contribution in [0.4, 0.5) is 10.7 Å². The molecule has 3 atom stereocenters. The van der Waals surface area contributed by atoms with Gasteiger partial charge in [0.25, 0.3) is 0 Å². The molecule has 0 bridgehead atoms. The van der Waals surface area contributed by atoms with Gasteiger partial charge in [-0.05, 0) is 45.5 Å². The van der Waals surface area contributed by atoms with Gasteiger partial charge in [0.05, 0.1) is 36.6 Å². The molecule has 0 saturated carbocycles. The summed E-state index contributed by atoms with van der Waals surface area (Å²) < 4.78 is 0. The lowest BCUT2D eigenvalue weighted by Gasteiger charge is -2.35. The lowest BCUT2D eigenvalue weighted by Crippen LogP contribution is -2.50. The zero-order chi connectivity index (χ0) is 24.9. The summed E-state index contributed by atoms with van der Waals surface area (Å²) in [6.07, 6.45) is 2.55. The highest BCUT2D eigenvalue weighted by Gasteiger charge is 2.30. The third-order valence-corrected chi connectivity index (χ3v) is 7.15. The minimum absolute atomic E-state index is 0.0341. The van der Waals surface area contributed by atoms with Crippen molar-refractivity contribution < 1.29 is 9.90 Å². The van der Waals surface area contributed by atoms with Crippen LogP contribution in [0.15, 0.2) is 41.9 Å². The van der Waals surface area contributed by atoms with Gasteiger partial charge in [-0.3, -0.25) is 0 Å². The van der Waals surface area contributed by atoms with Gasteiger partial charge in [0, 0.05) is 24.2 Å². The van der Waals surface area contributed by atoms with Crippen molar-refractivity contribution in [2.24, 2.45) is 0 Å². The maximum Gasteiger partial charge on any atom is 0.318 e. The Morgan fingerprint density at radius 2 is 2.06 bits per heavy atom. The zero-order valence-electron chi connectivity index (χ0n) is 20.6. The molecule has 186 valence electrons. The average Bonchev–Trinajstić information content (AvgIpc) is 3.33. The van der Waals surface area contributed by atoms with E-state index in [1.807, 2.05) is 67.8 Å². The Hall–Kier alpha value is -3.08. The fourth-order valence-electron chi connectivity index (χ4n) is 4.20. The molecule has 0 unspecified atom stereocenters. The molecule has 4 rings (SSSR count). The second-order valence-electron chi connectivity index (χ2n) is 9.22. The lowest BCUT2D eigenvalue weighted by molar-refractivity contribution is 0.161. The summed E-state index contributed by atoms with van der Waals surface area (Å²) in [6, 6.07) is 9.78. The highest BCUT2D eigenvalue weighted by molar-refractivity contribution is 7.09. The molecule has 35 heavy (non-hydrogen) atoms. The van der Waals surface area contributed by atoms with Crippen molar-refractivity contribution in [1.82, 2.24) is 30.1 Å². The predicted molar refractivity (Wildman–Crippen MR) is 137 cm³/mol. The topological polar surface area (TPSA) is 107 Å². The molecule has 3 aromatic rings. The number of aromatic nitrogens is 3. The Kier molecular flexibility index (Phi) is 7.94. The number of carbonyl (C=O) groups excluding carboxylic acids is 1. The molecule has 0 aliphatic carbocycles. The van der Waals surface area contributed by atoms with Gasteiger partial charge >= 0.3 is 6.03 Å². The Labute approximate surface area is 210 Å². The highest BCUT2D eigenvalue weighted by atomic mass is 32.1. The number of aliphatic hydroxyl groups excluding tert-OH is 1. The molecule has 1 aliphatic heterocycles. The first-order chi connectivity index (χ1) is 16.8. The van der Waals surface area contributed by atoms with Crippen LogP contribution in [0.1, 0.15) is 53.5 Å². The largest absolute Gasteiger partial charge is 0.390 e. The number of fused-ring (bicyclic) bond motifs is 1. The third-order valence-electron chi connectivity index (χ3n) is 6.08. The number of likely N-dealkylation sites (N-methyl/N-ethyl adjacent to an activating group) is 1. The quantitative estimate of drug-likeness (QED) is 0.440. The van der Waals surface area contributed by atoms with Gasteiger partial charge < -0.3 is 25.5 Å². The van der Waals surface area contributed by atoms with Crippen molar-refractivity contribution in [3.8, 4) is 0 Å². The van der Waals surface area contributed by atoms with Crippen LogP contribution in [0.3, 0.4) is 0 Å². The number of amides is 2. The van der Waals surface area contributed by atoms with Gasteiger partial charge in [0.2, 0.25) is 5.95 Å². The molecule has 0 saturated heterocycles. The molecule has 0 fully saturated rings. The van der Waals surface area contributed by atoms with Gasteiger partial charge in [-0.15, -0.1) is 11.3 Å². The molecule has 2 aromatic heterocycles. The summed E-state index contributed by atoms with van der Waals surface area (Å²) in [5.41, 5.74) is 3.64. The minimum atomic E-state index is -0.113. The summed E-state index contributed by atoms with van der Waals surface area (Å²) in [4.78, 5) is 30.9. The Bertz CT molecular complexity index is 1140. The van der Waals surface area contributed by atoms with Gasteiger partial charge in [-0.25, -0.2) is 19.7 Å². The Balaban J connectivity index is 1.47. The molecule has 10 heteroatoms. The molecule has 3 heterocycles. The van der Waals surface area contributed by atoms with Crippen molar-refractivity contribution in [3.05, 3.63) is 69.4 Å². The van der Waals surface area contributed by atoms with Crippen molar-refractivity contribution in [3.63, 3.8) is 0 Å². The summed E-state index contributed by atoms with van der Waals surface area (Å²) in [6.45, 7) is 5.09. The normalized spacial score (nSPS) is 17.1. The van der Waals surface area contributed by atoms with E-state index in [4.69, 9.17) is 4.98 Å². The van der Waals surface area contributed by atoms with Crippen LogP contribution in [-0.4, -0.2) is 62.6 Å². The minimum Gasteiger partial charge on any atom is -0.390 e. The summed E-state index contributed by atoms with van der Waals surface area (Å²) in [5, 5.41) is 18.5. The molecule has 1 aromatic carbocycles. The van der Waals surface area contributed by atoms with Crippen molar-refractivity contribution in [1.29, 1.82) is 0 Å². The van der Waals surface area contributed by atoms with E-state index in [0.717, 1.165) is 21.8 Å². The fraction of sp³-hybridized carbons (Fsp3) is 0.440. The van der Waals surface area contributed by atoms with E-state index >= 15 is 0 Å². The number of hydrogen-bond donors (Lipinski definition) is 3. The van der Waals surface area contributed by atoms with Crippen LogP contribution in [0.2, 0.25) is 0 Å². The number of thiazole rings is 1. The van der Waals surface area contributed by atoms with Crippen molar-refractivity contribution >= 4 is 23.3 Å². The Morgan fingerprint density at radius 3 is 2.74 bits per heavy atom. The van der Waals surface area contributed by atoms with Crippen LogP contribution in [0.5, 0.6) is 0 Å². The number of nitrogens with zero attached hydrogens (tertiary/aromatic N) is 5. The van der Waals surface area contributed by atoms with Gasteiger partial charge in [-0.2, -0.15) is 0 Å². The third kappa shape index (κ3) is 6.14. The van der Waals surface area contributed by atoms with Gasteiger partial charge in [0.1, 0.15) is 5.01 Å². The second-order valence-corrected chi connectivity index (χ2v) is 10.1. The molecule has 0 radical (unpaired) electrons. The summed E-state index contributed by atoms with van der Waals surface area (Å²) in [7, 11) is 4.01. The Morgan fingerprint density at radius 1 is 1.29 bits per heavy atom. The van der Waals surface area contributed by atoms with E-state index in [2.05, 4.69) is 32.4 Å². The highest BCUT2D eigenvalue weighted by Crippen LogP contribution is 2.25. The van der Waals surface area contributed by atoms with Gasteiger partial charge in [0.15, 0.2) is 0 Å². The zero-order valence-corrected chi connectivity index (χ0v) is 21.4. The number of anilines is 1. The van der Waals surface area contributed by atoms with E-state index in [9.17, 15) is 9.90 Å². The molecule has 3 N–H and O–H groups in total. The predicted octanol–water partition coefficient (Wildman–Crippen LogP) is 3.36. The smallest absolute Gasteiger partial charge is 0.318 e. The van der Waals surface area contributed by atoms with Crippen LogP contribution < -0.4 is 10.6 Å². The standard InChI is InChI=1S/C25H33N7O2S/c1-16-10-19-11-26-24(27-17(2)23-28-20(14-33)15-35-23)29-22(19)13-32(16)25(34)30-21(12-31(3)4)18-8-6-5-7-9-18/h5-9,11,15-17,21,33H,10,12-14H2,1-4H3,(H,30,34)(H,26,27,29)/t16-,17+,21-/m1/s1. The van der Waals surface area contributed by atoms with E-state index in [-0.39, 0.29) is 30.8 Å². The van der Waals surface area contributed by atoms with E-state index in [1.54, 1.807) is 0 Å². The fourth-order valence-corrected chi connectivity index (χ4v) is 5.02. The molecule has 9 nitrogen and oxygen atoms in total. The first kappa shape index (κ1) is 25.0. The van der Waals surface area contributed by atoms with E-state index < -0.39 is 0 Å². The maximum atomic E-state index is 13.4. The summed E-state index contributed by atoms with van der Waals surface area (Å²) in [5.74, 6) is 0.502. The monoisotopic (exact) mass is 495 g/mol. The number of urea groups is 1. The SMILES string of the molecule is C[C@H](Nc1ncc2c(n1)CN(C(=O)N[C@H](CN(C)C)c1ccccc1)[C@H](C)C2)c1nc(CO)cs1. The average molecular weight is 496 g/mol. The number of benzene rings is 1. The molecule has 0 spiro atoms. The van der Waals surface area contributed by atoms with Crippen molar-refractivity contribution in [2.75, 3.05) is 26.0 Å². The van der Waals surface area contributed by atoms with Crippen molar-refractivity contribution in [2.45, 2.75) is 51.5 Å². The number of hydrogen-bond acceptors (Lipinski definition) is 8. The number of nitrogens with one attached hydrogen (secondary N) is 2. The van der Waals surface area contributed by atoms with Crippen LogP contribution >= 0.6 is 11.3 Å².